The Morgan fingerprint density at radius 1 is 1.38 bits per heavy atom. The molecule has 1 saturated carbocycles. The van der Waals surface area contributed by atoms with Gasteiger partial charge in [0.15, 0.2) is 0 Å². The Morgan fingerprint density at radius 3 is 2.76 bits per heavy atom. The first-order valence-electron chi connectivity index (χ1n) is 6.92. The number of rotatable bonds is 3. The second-order valence-corrected chi connectivity index (χ2v) is 6.32. The zero-order valence-electron chi connectivity index (χ0n) is 12.0. The average molecular weight is 352 g/mol. The molecule has 21 heavy (non-hydrogen) atoms. The fourth-order valence-electron chi connectivity index (χ4n) is 2.77. The van der Waals surface area contributed by atoms with E-state index in [2.05, 4.69) is 0 Å². The molecule has 0 heterocycles. The number of nitrogens with two attached hydrogens (primary N) is 1. The van der Waals surface area contributed by atoms with Gasteiger partial charge >= 0.3 is 0 Å². The van der Waals surface area contributed by atoms with Gasteiger partial charge in [-0.2, -0.15) is 0 Å². The molecule has 118 valence electrons. The second kappa shape index (κ2) is 8.23. The summed E-state index contributed by atoms with van der Waals surface area (Å²) in [6.07, 6.45) is 3.77. The largest absolute Gasteiger partial charge is 0.341 e. The minimum absolute atomic E-state index is 0. The fourth-order valence-corrected chi connectivity index (χ4v) is 3.15. The third-order valence-electron chi connectivity index (χ3n) is 3.88. The fraction of sp³-hybridized carbons (Fsp3) is 0.533. The number of carbonyl (C=O) groups excluding carboxylic acids is 1. The van der Waals surface area contributed by atoms with Crippen LogP contribution in [-0.2, 0) is 11.3 Å². The molecule has 2 unspecified atom stereocenters. The molecule has 1 amide bonds. The molecule has 1 fully saturated rings. The van der Waals surface area contributed by atoms with Crippen LogP contribution >= 0.6 is 35.6 Å². The Hall–Kier alpha value is -0.480. The quantitative estimate of drug-likeness (QED) is 0.898. The van der Waals surface area contributed by atoms with Crippen molar-refractivity contribution in [2.45, 2.75) is 38.3 Å². The van der Waals surface area contributed by atoms with E-state index in [4.69, 9.17) is 28.9 Å². The van der Waals surface area contributed by atoms with Crippen molar-refractivity contribution in [3.8, 4) is 0 Å². The van der Waals surface area contributed by atoms with Crippen LogP contribution in [-0.4, -0.2) is 23.9 Å². The molecule has 1 aliphatic carbocycles. The molecular formula is C15H21Cl3N2O. The highest BCUT2D eigenvalue weighted by atomic mass is 35.5. The molecule has 0 spiro atoms. The smallest absolute Gasteiger partial charge is 0.225 e. The third-order valence-corrected chi connectivity index (χ3v) is 4.74. The van der Waals surface area contributed by atoms with E-state index in [1.54, 1.807) is 18.0 Å². The van der Waals surface area contributed by atoms with Crippen LogP contribution < -0.4 is 5.73 Å². The lowest BCUT2D eigenvalue weighted by atomic mass is 9.85. The molecule has 0 saturated heterocycles. The Labute approximate surface area is 142 Å². The molecule has 2 atom stereocenters. The van der Waals surface area contributed by atoms with Crippen molar-refractivity contribution in [3.63, 3.8) is 0 Å². The molecule has 3 nitrogen and oxygen atoms in total. The number of hydrogen-bond acceptors (Lipinski definition) is 2. The van der Waals surface area contributed by atoms with E-state index < -0.39 is 0 Å². The maximum absolute atomic E-state index is 12.4. The van der Waals surface area contributed by atoms with Crippen LogP contribution in [0.15, 0.2) is 18.2 Å². The lowest BCUT2D eigenvalue weighted by molar-refractivity contribution is -0.135. The predicted octanol–water partition coefficient (Wildman–Crippen LogP) is 3.89. The zero-order chi connectivity index (χ0) is 14.7. The van der Waals surface area contributed by atoms with Crippen LogP contribution in [0, 0.1) is 5.92 Å². The Balaban J connectivity index is 0.00000220. The van der Waals surface area contributed by atoms with E-state index >= 15 is 0 Å². The number of amides is 1. The average Bonchev–Trinajstić information content (AvgIpc) is 2.43. The summed E-state index contributed by atoms with van der Waals surface area (Å²) < 4.78 is 0. The van der Waals surface area contributed by atoms with Gasteiger partial charge in [-0.3, -0.25) is 4.79 Å². The van der Waals surface area contributed by atoms with Crippen LogP contribution in [0.1, 0.15) is 31.2 Å². The Bertz CT molecular complexity index is 496. The highest BCUT2D eigenvalue weighted by Gasteiger charge is 2.27. The molecule has 0 bridgehead atoms. The standard InChI is InChI=1S/C15H20Cl2N2O.ClH/c1-19(9-11-5-3-7-13(16)14(11)17)15(20)10-4-2-6-12(18)8-10;/h3,5,7,10,12H,2,4,6,8-9,18H2,1H3;1H. The van der Waals surface area contributed by atoms with Gasteiger partial charge < -0.3 is 10.6 Å². The minimum Gasteiger partial charge on any atom is -0.341 e. The molecule has 0 radical (unpaired) electrons. The molecule has 1 aromatic rings. The summed E-state index contributed by atoms with van der Waals surface area (Å²) in [4.78, 5) is 14.2. The number of hydrogen-bond donors (Lipinski definition) is 1. The van der Waals surface area contributed by atoms with Gasteiger partial charge in [0.05, 0.1) is 10.0 Å². The predicted molar refractivity (Wildman–Crippen MR) is 90.1 cm³/mol. The summed E-state index contributed by atoms with van der Waals surface area (Å²) in [5.74, 6) is 0.193. The summed E-state index contributed by atoms with van der Waals surface area (Å²) in [6.45, 7) is 0.476. The summed E-state index contributed by atoms with van der Waals surface area (Å²) in [6, 6.07) is 5.64. The molecular weight excluding hydrogens is 331 g/mol. The summed E-state index contributed by atoms with van der Waals surface area (Å²) in [5.41, 5.74) is 6.82. The van der Waals surface area contributed by atoms with Crippen molar-refractivity contribution >= 4 is 41.5 Å². The Kier molecular flexibility index (Phi) is 7.28. The maximum Gasteiger partial charge on any atom is 0.225 e. The van der Waals surface area contributed by atoms with Gasteiger partial charge in [-0.05, 0) is 30.9 Å². The first-order chi connectivity index (χ1) is 9.49. The van der Waals surface area contributed by atoms with Crippen LogP contribution in [0.3, 0.4) is 0 Å². The minimum atomic E-state index is 0. The van der Waals surface area contributed by atoms with E-state index in [1.165, 1.54) is 0 Å². The highest BCUT2D eigenvalue weighted by Crippen LogP contribution is 2.28. The van der Waals surface area contributed by atoms with E-state index in [-0.39, 0.29) is 30.3 Å². The van der Waals surface area contributed by atoms with Crippen molar-refractivity contribution < 1.29 is 4.79 Å². The maximum atomic E-state index is 12.4. The van der Waals surface area contributed by atoms with Gasteiger partial charge in [-0.1, -0.05) is 41.8 Å². The van der Waals surface area contributed by atoms with E-state index in [1.807, 2.05) is 12.1 Å². The van der Waals surface area contributed by atoms with Crippen molar-refractivity contribution in [2.75, 3.05) is 7.05 Å². The lowest BCUT2D eigenvalue weighted by Crippen LogP contribution is -2.38. The number of benzene rings is 1. The molecule has 6 heteroatoms. The van der Waals surface area contributed by atoms with E-state index in [9.17, 15) is 4.79 Å². The van der Waals surface area contributed by atoms with Gasteiger partial charge in [0.25, 0.3) is 0 Å². The van der Waals surface area contributed by atoms with E-state index in [0.717, 1.165) is 31.2 Å². The summed E-state index contributed by atoms with van der Waals surface area (Å²) >= 11 is 12.2. The van der Waals surface area contributed by atoms with Gasteiger partial charge in [0.2, 0.25) is 5.91 Å². The van der Waals surface area contributed by atoms with Crippen molar-refractivity contribution in [1.82, 2.24) is 4.90 Å². The van der Waals surface area contributed by atoms with Crippen LogP contribution in [0.2, 0.25) is 10.0 Å². The first kappa shape index (κ1) is 18.6. The zero-order valence-corrected chi connectivity index (χ0v) is 14.3. The second-order valence-electron chi connectivity index (χ2n) is 5.53. The van der Waals surface area contributed by atoms with Gasteiger partial charge in [-0.15, -0.1) is 12.4 Å². The third kappa shape index (κ3) is 4.75. The molecule has 0 aromatic heterocycles. The van der Waals surface area contributed by atoms with Crippen LogP contribution in [0.5, 0.6) is 0 Å². The molecule has 1 aromatic carbocycles. The summed E-state index contributed by atoms with van der Waals surface area (Å²) in [7, 11) is 1.81. The topological polar surface area (TPSA) is 46.3 Å². The molecule has 2 N–H and O–H groups in total. The van der Waals surface area contributed by atoms with Gasteiger partial charge in [0, 0.05) is 25.6 Å². The van der Waals surface area contributed by atoms with Crippen LogP contribution in [0.4, 0.5) is 0 Å². The number of nitrogens with zero attached hydrogens (tertiary/aromatic N) is 1. The molecule has 2 rings (SSSR count). The highest BCUT2D eigenvalue weighted by molar-refractivity contribution is 6.42. The normalized spacial score (nSPS) is 21.5. The molecule has 1 aliphatic rings. The van der Waals surface area contributed by atoms with E-state index in [0.29, 0.717) is 16.6 Å². The van der Waals surface area contributed by atoms with Gasteiger partial charge in [0.1, 0.15) is 0 Å². The van der Waals surface area contributed by atoms with Crippen LogP contribution in [0.25, 0.3) is 0 Å². The SMILES string of the molecule is CN(Cc1cccc(Cl)c1Cl)C(=O)C1CCCC(N)C1.Cl. The number of carbonyl (C=O) groups is 1. The van der Waals surface area contributed by atoms with Crippen molar-refractivity contribution in [3.05, 3.63) is 33.8 Å². The lowest BCUT2D eigenvalue weighted by Gasteiger charge is -2.29. The number of halogens is 3. The molecule has 0 aliphatic heterocycles. The van der Waals surface area contributed by atoms with Crippen molar-refractivity contribution in [1.29, 1.82) is 0 Å². The summed E-state index contributed by atoms with van der Waals surface area (Å²) in [5, 5.41) is 1.04. The first-order valence-corrected chi connectivity index (χ1v) is 7.68. The monoisotopic (exact) mass is 350 g/mol. The van der Waals surface area contributed by atoms with Gasteiger partial charge in [-0.25, -0.2) is 0 Å². The van der Waals surface area contributed by atoms with Crippen molar-refractivity contribution in [2.24, 2.45) is 11.7 Å². The Morgan fingerprint density at radius 2 is 2.10 bits per heavy atom.